The van der Waals surface area contributed by atoms with Gasteiger partial charge in [-0.1, -0.05) is 27.7 Å². The van der Waals surface area contributed by atoms with Gasteiger partial charge in [0.1, 0.15) is 0 Å². The Hall–Kier alpha value is -0.416. The smallest absolute Gasteiger partial charge is 0.674 e. The van der Waals surface area contributed by atoms with Crippen LogP contribution in [-0.4, -0.2) is 25.5 Å². The van der Waals surface area contributed by atoms with E-state index in [1.54, 1.807) is 20.1 Å². The molecule has 20 heavy (non-hydrogen) atoms. The number of hydrogen-bond donors (Lipinski definition) is 1. The number of nitrogens with one attached hydrogen (secondary N) is 1. The van der Waals surface area contributed by atoms with Crippen molar-refractivity contribution >= 4 is 6.29 Å². The molecule has 1 rings (SSSR count). The van der Waals surface area contributed by atoms with Gasteiger partial charge in [-0.3, -0.25) is 4.79 Å². The normalized spacial score (nSPS) is 12.2. The van der Waals surface area contributed by atoms with Crippen molar-refractivity contribution in [3.63, 3.8) is 0 Å². The van der Waals surface area contributed by atoms with E-state index in [9.17, 15) is 4.79 Å². The molecule has 1 aromatic rings. The number of hydrogen-bond acceptors (Lipinski definition) is 3. The van der Waals surface area contributed by atoms with Gasteiger partial charge in [-0.2, -0.15) is 17.5 Å². The average Bonchev–Trinajstić information content (AvgIpc) is 2.38. The summed E-state index contributed by atoms with van der Waals surface area (Å²) in [6.07, 6.45) is 0.799. The van der Waals surface area contributed by atoms with Crippen molar-refractivity contribution in [1.29, 1.82) is 0 Å². The van der Waals surface area contributed by atoms with Crippen LogP contribution in [0, 0.1) is 5.92 Å². The quantitative estimate of drug-likeness (QED) is 0.667. The van der Waals surface area contributed by atoms with Gasteiger partial charge in [0.25, 0.3) is 0 Å². The van der Waals surface area contributed by atoms with Crippen LogP contribution < -0.4 is 10.5 Å². The molecule has 108 valence electrons. The topological polar surface area (TPSA) is 76.1 Å². The van der Waals surface area contributed by atoms with E-state index < -0.39 is 0 Å². The Morgan fingerprint density at radius 2 is 1.85 bits per heavy atom. The second-order valence-electron chi connectivity index (χ2n) is 4.72. The van der Waals surface area contributed by atoms with Crippen LogP contribution in [-0.2, 0) is 32.7 Å². The van der Waals surface area contributed by atoms with E-state index >= 15 is 0 Å². The fourth-order valence-corrected chi connectivity index (χ4v) is 1.12. The van der Waals surface area contributed by atoms with Gasteiger partial charge < -0.3 is 16.2 Å². The summed E-state index contributed by atoms with van der Waals surface area (Å²) in [5, 5.41) is 0. The van der Waals surface area contributed by atoms with Crippen molar-refractivity contribution in [2.45, 2.75) is 39.8 Å². The third kappa shape index (κ3) is 8.00. The maximum absolute atomic E-state index is 10.6. The van der Waals surface area contributed by atoms with Gasteiger partial charge in [-0.15, -0.1) is 18.2 Å². The number of aldehydes is 1. The third-order valence-electron chi connectivity index (χ3n) is 2.73. The fourth-order valence-electron chi connectivity index (χ4n) is 1.12. The summed E-state index contributed by atoms with van der Waals surface area (Å²) < 4.78 is 5.08. The molecule has 0 aliphatic carbocycles. The molecular weight excluding hydrogens is 329 g/mol. The van der Waals surface area contributed by atoms with Crippen LogP contribution in [0.2, 0.25) is 0 Å². The van der Waals surface area contributed by atoms with Crippen LogP contribution in [0.5, 0.6) is 5.75 Å². The minimum Gasteiger partial charge on any atom is -0.674 e. The molecule has 0 saturated heterocycles. The van der Waals surface area contributed by atoms with Crippen molar-refractivity contribution in [3.05, 3.63) is 41.0 Å². The molecule has 0 amide bonds. The van der Waals surface area contributed by atoms with Crippen LogP contribution in [0.1, 0.15) is 43.6 Å². The number of carbonyl (C=O) groups excluding carboxylic acids is 1. The van der Waals surface area contributed by atoms with E-state index in [2.05, 4.69) is 0 Å². The van der Waals surface area contributed by atoms with E-state index in [0.29, 0.717) is 11.3 Å². The summed E-state index contributed by atoms with van der Waals surface area (Å²) in [4.78, 5) is 10.6. The Morgan fingerprint density at radius 3 is 2.15 bits per heavy atom. The van der Waals surface area contributed by atoms with Crippen LogP contribution in [0.25, 0.3) is 5.73 Å². The SMILES string of the molecule is CC([NH-])C(C)N.COc1cc([C-](C)C)ccc1C=O.[Y+3]. The van der Waals surface area contributed by atoms with E-state index in [-0.39, 0.29) is 44.8 Å². The molecule has 5 heteroatoms. The molecular formula is C15H24N2O2Y+. The number of ether oxygens (including phenoxy) is 1. The maximum Gasteiger partial charge on any atom is 3.00 e. The third-order valence-corrected chi connectivity index (χ3v) is 2.73. The standard InChI is InChI=1S/C11H13O2.C4H11N2.Y/c1-8(2)9-4-5-10(7-12)11(6-9)13-3;1-3(5)4(2)6;/h4-7H,1-3H3;3-5H,6H2,1-2H3;/q2*-1;+3. The average molecular weight is 353 g/mol. The van der Waals surface area contributed by atoms with Crippen molar-refractivity contribution in [2.24, 2.45) is 5.73 Å². The molecule has 0 spiro atoms. The Kier molecular flexibility index (Phi) is 12.3. The first kappa shape index (κ1) is 21.9. The molecule has 3 N–H and O–H groups in total. The van der Waals surface area contributed by atoms with Gasteiger partial charge in [0.2, 0.25) is 0 Å². The van der Waals surface area contributed by atoms with Gasteiger partial charge in [-0.25, -0.2) is 0 Å². The van der Waals surface area contributed by atoms with Gasteiger partial charge in [0.15, 0.2) is 6.29 Å². The van der Waals surface area contributed by atoms with Gasteiger partial charge in [0.05, 0.1) is 12.9 Å². The van der Waals surface area contributed by atoms with E-state index in [4.69, 9.17) is 16.2 Å². The van der Waals surface area contributed by atoms with E-state index in [1.165, 1.54) is 5.92 Å². The molecule has 0 heterocycles. The summed E-state index contributed by atoms with van der Waals surface area (Å²) in [5.41, 5.74) is 13.8. The van der Waals surface area contributed by atoms with Crippen molar-refractivity contribution in [3.8, 4) is 5.75 Å². The number of methoxy groups -OCH3 is 1. The van der Waals surface area contributed by atoms with Crippen LogP contribution in [0.4, 0.5) is 0 Å². The Bertz CT molecular complexity index is 387. The molecule has 1 aromatic carbocycles. The maximum atomic E-state index is 10.6. The predicted octanol–water partition coefficient (Wildman–Crippen LogP) is 3.24. The Labute approximate surface area is 147 Å². The van der Waals surface area contributed by atoms with Crippen molar-refractivity contribution in [1.82, 2.24) is 0 Å². The van der Waals surface area contributed by atoms with Crippen molar-refractivity contribution < 1.29 is 42.2 Å². The summed E-state index contributed by atoms with van der Waals surface area (Å²) >= 11 is 0. The predicted molar refractivity (Wildman–Crippen MR) is 79.5 cm³/mol. The fraction of sp³-hybridized carbons (Fsp3) is 0.467. The molecule has 4 nitrogen and oxygen atoms in total. The van der Waals surface area contributed by atoms with Gasteiger partial charge in [0, 0.05) is 5.56 Å². The molecule has 0 aliphatic rings. The monoisotopic (exact) mass is 353 g/mol. The van der Waals surface area contributed by atoms with Crippen LogP contribution in [0.15, 0.2) is 18.2 Å². The Morgan fingerprint density at radius 1 is 1.35 bits per heavy atom. The van der Waals surface area contributed by atoms with Crippen LogP contribution >= 0.6 is 0 Å². The Balaban J connectivity index is 0. The van der Waals surface area contributed by atoms with E-state index in [1.807, 2.05) is 32.9 Å². The second kappa shape index (κ2) is 11.3. The zero-order valence-electron chi connectivity index (χ0n) is 12.9. The molecule has 0 aliphatic heterocycles. The van der Waals surface area contributed by atoms with Crippen LogP contribution in [0.3, 0.4) is 0 Å². The molecule has 0 aromatic heterocycles. The molecule has 2 atom stereocenters. The summed E-state index contributed by atoms with van der Waals surface area (Å²) in [6, 6.07) is 5.46. The first-order chi connectivity index (χ1) is 8.83. The molecule has 0 radical (unpaired) electrons. The molecule has 0 saturated carbocycles. The summed E-state index contributed by atoms with van der Waals surface area (Å²) in [6.45, 7) is 7.66. The number of nitrogens with two attached hydrogens (primary N) is 1. The molecule has 0 fully saturated rings. The van der Waals surface area contributed by atoms with Crippen molar-refractivity contribution in [2.75, 3.05) is 7.11 Å². The van der Waals surface area contributed by atoms with Gasteiger partial charge >= 0.3 is 32.7 Å². The summed E-state index contributed by atoms with van der Waals surface area (Å²) in [5.74, 6) is 1.84. The minimum atomic E-state index is -0.120. The molecule has 2 unspecified atom stereocenters. The zero-order valence-corrected chi connectivity index (χ0v) is 15.8. The minimum absolute atomic E-state index is 0. The number of rotatable bonds is 4. The first-order valence-electron chi connectivity index (χ1n) is 6.23. The number of carbonyl (C=O) groups is 1. The first-order valence-corrected chi connectivity index (χ1v) is 6.23. The largest absolute Gasteiger partial charge is 3.00 e. The van der Waals surface area contributed by atoms with E-state index in [0.717, 1.165) is 11.8 Å². The zero-order chi connectivity index (χ0) is 15.0. The molecule has 0 bridgehead atoms. The number of benzene rings is 1. The van der Waals surface area contributed by atoms with Gasteiger partial charge in [-0.05, 0) is 6.04 Å². The summed E-state index contributed by atoms with van der Waals surface area (Å²) in [7, 11) is 1.57. The second-order valence-corrected chi connectivity index (χ2v) is 4.72.